The summed E-state index contributed by atoms with van der Waals surface area (Å²) in [5.41, 5.74) is 3.47. The first kappa shape index (κ1) is 16.2. The molecule has 1 atom stereocenters. The van der Waals surface area contributed by atoms with Gasteiger partial charge in [0.05, 0.1) is 18.2 Å². The van der Waals surface area contributed by atoms with Crippen LogP contribution < -0.4 is 10.1 Å². The van der Waals surface area contributed by atoms with Crippen molar-refractivity contribution in [2.24, 2.45) is 0 Å². The van der Waals surface area contributed by atoms with Gasteiger partial charge in [-0.2, -0.15) is 0 Å². The average molecular weight is 324 g/mol. The van der Waals surface area contributed by atoms with E-state index in [9.17, 15) is 0 Å². The van der Waals surface area contributed by atoms with Gasteiger partial charge in [0.2, 0.25) is 0 Å². The lowest BCUT2D eigenvalue weighted by Crippen LogP contribution is -2.22. The smallest absolute Gasteiger partial charge is 0.137 e. The largest absolute Gasteiger partial charge is 0.495 e. The molecule has 0 fully saturated rings. The number of rotatable bonds is 5. The normalized spacial score (nSPS) is 12.2. The van der Waals surface area contributed by atoms with E-state index in [1.165, 1.54) is 5.56 Å². The second kappa shape index (κ2) is 7.17. The molecule has 4 heteroatoms. The molecule has 0 radical (unpaired) electrons. The van der Waals surface area contributed by atoms with Gasteiger partial charge in [0.25, 0.3) is 0 Å². The molecule has 2 rings (SSSR count). The minimum absolute atomic E-state index is 0.0819. The third-order valence-corrected chi connectivity index (χ3v) is 4.01. The Balaban J connectivity index is 2.47. The van der Waals surface area contributed by atoms with Crippen LogP contribution in [0.25, 0.3) is 0 Å². The van der Waals surface area contributed by atoms with Crippen LogP contribution in [0, 0.1) is 6.92 Å². The van der Waals surface area contributed by atoms with Crippen LogP contribution in [0.4, 0.5) is 0 Å². The summed E-state index contributed by atoms with van der Waals surface area (Å²) in [6.45, 7) is 5.02. The van der Waals surface area contributed by atoms with Gasteiger partial charge in [0.15, 0.2) is 0 Å². The first-order valence-electron chi connectivity index (χ1n) is 6.89. The van der Waals surface area contributed by atoms with E-state index in [1.807, 2.05) is 30.3 Å². The minimum atomic E-state index is 0.0819. The lowest BCUT2D eigenvalue weighted by molar-refractivity contribution is 0.414. The summed E-state index contributed by atoms with van der Waals surface area (Å²) in [6.07, 6.45) is 0. The Bertz CT molecular complexity index is 628. The molecule has 2 aromatic rings. The first-order valence-corrected chi connectivity index (χ1v) is 7.65. The van der Waals surface area contributed by atoms with Crippen LogP contribution in [0.5, 0.6) is 5.75 Å². The summed E-state index contributed by atoms with van der Waals surface area (Å²) in [5, 5.41) is 4.87. The van der Waals surface area contributed by atoms with Gasteiger partial charge in [-0.25, -0.2) is 0 Å². The predicted octanol–water partition coefficient (Wildman–Crippen LogP) is 5.01. The lowest BCUT2D eigenvalue weighted by atomic mass is 9.95. The first-order chi connectivity index (χ1) is 10.1. The Morgan fingerprint density at radius 3 is 2.52 bits per heavy atom. The zero-order chi connectivity index (χ0) is 15.4. The summed E-state index contributed by atoms with van der Waals surface area (Å²) in [4.78, 5) is 0. The topological polar surface area (TPSA) is 21.3 Å². The molecule has 0 aliphatic rings. The van der Waals surface area contributed by atoms with E-state index in [1.54, 1.807) is 7.11 Å². The van der Waals surface area contributed by atoms with Gasteiger partial charge in [-0.1, -0.05) is 42.3 Å². The number of hydrogen-bond acceptors (Lipinski definition) is 2. The number of methoxy groups -OCH3 is 1. The highest BCUT2D eigenvalue weighted by molar-refractivity contribution is 6.32. The lowest BCUT2D eigenvalue weighted by Gasteiger charge is -2.22. The second-order valence-electron chi connectivity index (χ2n) is 4.89. The summed E-state index contributed by atoms with van der Waals surface area (Å²) in [7, 11) is 1.63. The molecule has 0 bridgehead atoms. The van der Waals surface area contributed by atoms with Crippen molar-refractivity contribution in [3.8, 4) is 5.75 Å². The van der Waals surface area contributed by atoms with E-state index in [0.717, 1.165) is 22.7 Å². The zero-order valence-electron chi connectivity index (χ0n) is 12.4. The van der Waals surface area contributed by atoms with Gasteiger partial charge in [0, 0.05) is 5.02 Å². The Kier molecular flexibility index (Phi) is 5.51. The molecule has 2 aromatic carbocycles. The van der Waals surface area contributed by atoms with Crippen LogP contribution in [0.15, 0.2) is 36.4 Å². The highest BCUT2D eigenvalue weighted by Gasteiger charge is 2.17. The molecular weight excluding hydrogens is 305 g/mol. The second-order valence-corrected chi connectivity index (χ2v) is 5.73. The monoisotopic (exact) mass is 323 g/mol. The fraction of sp³-hybridized carbons (Fsp3) is 0.294. The molecule has 1 unspecified atom stereocenters. The fourth-order valence-corrected chi connectivity index (χ4v) is 2.85. The van der Waals surface area contributed by atoms with Crippen molar-refractivity contribution in [3.63, 3.8) is 0 Å². The van der Waals surface area contributed by atoms with Crippen LogP contribution in [0.2, 0.25) is 10.0 Å². The molecule has 2 nitrogen and oxygen atoms in total. The quantitative estimate of drug-likeness (QED) is 0.835. The van der Waals surface area contributed by atoms with Crippen molar-refractivity contribution in [2.45, 2.75) is 19.9 Å². The molecule has 112 valence electrons. The van der Waals surface area contributed by atoms with Crippen molar-refractivity contribution in [1.29, 1.82) is 0 Å². The van der Waals surface area contributed by atoms with E-state index in [2.05, 4.69) is 25.2 Å². The number of benzene rings is 2. The van der Waals surface area contributed by atoms with E-state index in [-0.39, 0.29) is 6.04 Å². The maximum absolute atomic E-state index is 6.11. The van der Waals surface area contributed by atoms with Crippen molar-refractivity contribution < 1.29 is 4.74 Å². The van der Waals surface area contributed by atoms with Gasteiger partial charge < -0.3 is 10.1 Å². The van der Waals surface area contributed by atoms with E-state index >= 15 is 0 Å². The number of nitrogens with one attached hydrogen (secondary N) is 1. The standard InChI is InChI=1S/C17H19Cl2NO/c1-4-20-17(14-7-6-13(18)9-11(14)2)12-5-8-15(19)16(10-12)21-3/h5-10,17,20H,4H2,1-3H3. The van der Waals surface area contributed by atoms with Crippen LogP contribution in [0.1, 0.15) is 29.7 Å². The van der Waals surface area contributed by atoms with Crippen LogP contribution >= 0.6 is 23.2 Å². The summed E-state index contributed by atoms with van der Waals surface area (Å²) in [6, 6.07) is 11.9. The number of hydrogen-bond donors (Lipinski definition) is 1. The van der Waals surface area contributed by atoms with Gasteiger partial charge >= 0.3 is 0 Å². The predicted molar refractivity (Wildman–Crippen MR) is 89.7 cm³/mol. The zero-order valence-corrected chi connectivity index (χ0v) is 13.9. The molecule has 0 saturated carbocycles. The molecule has 21 heavy (non-hydrogen) atoms. The third-order valence-electron chi connectivity index (χ3n) is 3.46. The Morgan fingerprint density at radius 1 is 1.14 bits per heavy atom. The maximum Gasteiger partial charge on any atom is 0.137 e. The molecule has 1 N–H and O–H groups in total. The summed E-state index contributed by atoms with van der Waals surface area (Å²) < 4.78 is 5.32. The van der Waals surface area contributed by atoms with Crippen molar-refractivity contribution in [3.05, 3.63) is 63.1 Å². The van der Waals surface area contributed by atoms with E-state index < -0.39 is 0 Å². The van der Waals surface area contributed by atoms with E-state index in [0.29, 0.717) is 10.8 Å². The molecule has 0 aliphatic heterocycles. The number of ether oxygens (including phenoxy) is 1. The summed E-state index contributed by atoms with van der Waals surface area (Å²) in [5.74, 6) is 0.684. The van der Waals surface area contributed by atoms with Gasteiger partial charge in [-0.3, -0.25) is 0 Å². The molecule has 0 aromatic heterocycles. The number of halogens is 2. The van der Waals surface area contributed by atoms with Crippen molar-refractivity contribution in [2.75, 3.05) is 13.7 Å². The SMILES string of the molecule is CCNC(c1ccc(Cl)c(OC)c1)c1ccc(Cl)cc1C. The highest BCUT2D eigenvalue weighted by atomic mass is 35.5. The van der Waals surface area contributed by atoms with Gasteiger partial charge in [-0.05, 0) is 54.4 Å². The Labute approximate surface area is 136 Å². The van der Waals surface area contributed by atoms with Crippen LogP contribution in [-0.4, -0.2) is 13.7 Å². The molecule has 0 amide bonds. The van der Waals surface area contributed by atoms with Crippen molar-refractivity contribution in [1.82, 2.24) is 5.32 Å². The van der Waals surface area contributed by atoms with Crippen LogP contribution in [-0.2, 0) is 0 Å². The fourth-order valence-electron chi connectivity index (χ4n) is 2.43. The average Bonchev–Trinajstić information content (AvgIpc) is 2.46. The molecule has 0 heterocycles. The molecular formula is C17H19Cl2NO. The highest BCUT2D eigenvalue weighted by Crippen LogP contribution is 2.32. The third kappa shape index (κ3) is 3.70. The molecule has 0 spiro atoms. The maximum atomic E-state index is 6.11. The summed E-state index contributed by atoms with van der Waals surface area (Å²) >= 11 is 12.2. The van der Waals surface area contributed by atoms with Gasteiger partial charge in [-0.15, -0.1) is 0 Å². The Morgan fingerprint density at radius 2 is 1.90 bits per heavy atom. The molecule has 0 saturated heterocycles. The van der Waals surface area contributed by atoms with Gasteiger partial charge in [0.1, 0.15) is 5.75 Å². The number of aryl methyl sites for hydroxylation is 1. The van der Waals surface area contributed by atoms with Crippen molar-refractivity contribution >= 4 is 23.2 Å². The van der Waals surface area contributed by atoms with E-state index in [4.69, 9.17) is 27.9 Å². The Hall–Kier alpha value is -1.22. The van der Waals surface area contributed by atoms with Crippen LogP contribution in [0.3, 0.4) is 0 Å². The minimum Gasteiger partial charge on any atom is -0.495 e. The molecule has 0 aliphatic carbocycles.